The molecule has 3 aromatic rings. The Labute approximate surface area is 166 Å². The molecule has 2 heterocycles. The number of imide groups is 1. The van der Waals surface area contributed by atoms with Gasteiger partial charge in [0.1, 0.15) is 5.69 Å². The number of aromatic nitrogens is 1. The van der Waals surface area contributed by atoms with Crippen molar-refractivity contribution in [3.05, 3.63) is 89.2 Å². The number of rotatable bonds is 4. The zero-order valence-corrected chi connectivity index (χ0v) is 15.4. The molecule has 1 aromatic heterocycles. The molecule has 7 nitrogen and oxygen atoms in total. The van der Waals surface area contributed by atoms with Crippen LogP contribution in [0.4, 0.5) is 11.4 Å². The summed E-state index contributed by atoms with van der Waals surface area (Å²) in [5, 5.41) is 2.73. The van der Waals surface area contributed by atoms with Crippen molar-refractivity contribution in [2.45, 2.75) is 6.92 Å². The molecule has 0 saturated heterocycles. The first-order valence-corrected chi connectivity index (χ1v) is 8.82. The summed E-state index contributed by atoms with van der Waals surface area (Å²) in [4.78, 5) is 54.1. The van der Waals surface area contributed by atoms with Crippen LogP contribution in [-0.4, -0.2) is 28.5 Å². The Kier molecular flexibility index (Phi) is 4.48. The maximum Gasteiger partial charge on any atom is 0.284 e. The summed E-state index contributed by atoms with van der Waals surface area (Å²) in [5.41, 5.74) is 1.97. The summed E-state index contributed by atoms with van der Waals surface area (Å²) in [6, 6.07) is 15.9. The van der Waals surface area contributed by atoms with Crippen molar-refractivity contribution in [3.8, 4) is 0 Å². The third-order valence-corrected chi connectivity index (χ3v) is 4.56. The zero-order chi connectivity index (χ0) is 20.5. The summed E-state index contributed by atoms with van der Waals surface area (Å²) in [7, 11) is 0. The second kappa shape index (κ2) is 7.12. The van der Waals surface area contributed by atoms with E-state index >= 15 is 0 Å². The lowest BCUT2D eigenvalue weighted by Gasteiger charge is -2.14. The van der Waals surface area contributed by atoms with Gasteiger partial charge in [0.05, 0.1) is 11.3 Å². The molecule has 0 aliphatic carbocycles. The molecular weight excluding hydrogens is 370 g/mol. The number of nitrogens with one attached hydrogen (secondary N) is 1. The lowest BCUT2D eigenvalue weighted by atomic mass is 10.1. The highest BCUT2D eigenvalue weighted by Gasteiger charge is 2.37. The van der Waals surface area contributed by atoms with Gasteiger partial charge < -0.3 is 5.32 Å². The van der Waals surface area contributed by atoms with Crippen molar-refractivity contribution in [1.29, 1.82) is 0 Å². The van der Waals surface area contributed by atoms with Crippen LogP contribution in [0, 0.1) is 0 Å². The average molecular weight is 385 g/mol. The van der Waals surface area contributed by atoms with Crippen molar-refractivity contribution >= 4 is 34.9 Å². The molecule has 7 heteroatoms. The van der Waals surface area contributed by atoms with Crippen LogP contribution in [0.5, 0.6) is 0 Å². The fourth-order valence-corrected chi connectivity index (χ4v) is 3.08. The van der Waals surface area contributed by atoms with Crippen molar-refractivity contribution in [2.24, 2.45) is 0 Å². The number of pyridine rings is 1. The Morgan fingerprint density at radius 1 is 0.897 bits per heavy atom. The maximum atomic E-state index is 12.6. The largest absolute Gasteiger partial charge is 0.322 e. The van der Waals surface area contributed by atoms with Gasteiger partial charge >= 0.3 is 0 Å². The minimum Gasteiger partial charge on any atom is -0.322 e. The molecule has 0 radical (unpaired) electrons. The van der Waals surface area contributed by atoms with Crippen LogP contribution >= 0.6 is 0 Å². The number of carbonyl (C=O) groups excluding carboxylic acids is 4. The van der Waals surface area contributed by atoms with Crippen molar-refractivity contribution in [2.75, 3.05) is 10.2 Å². The molecule has 0 spiro atoms. The van der Waals surface area contributed by atoms with Crippen molar-refractivity contribution in [1.82, 2.24) is 4.98 Å². The van der Waals surface area contributed by atoms with Gasteiger partial charge in [0.15, 0.2) is 5.78 Å². The summed E-state index contributed by atoms with van der Waals surface area (Å²) >= 11 is 0. The molecular formula is C22H15N3O4. The van der Waals surface area contributed by atoms with E-state index in [1.165, 1.54) is 19.2 Å². The van der Waals surface area contributed by atoms with E-state index in [-0.39, 0.29) is 28.3 Å². The highest BCUT2D eigenvalue weighted by molar-refractivity contribution is 6.33. The number of ketones is 1. The molecule has 1 aliphatic rings. The van der Waals surface area contributed by atoms with Crippen LogP contribution in [0.3, 0.4) is 0 Å². The Hall–Kier alpha value is -4.13. The maximum absolute atomic E-state index is 12.6. The van der Waals surface area contributed by atoms with E-state index in [1.54, 1.807) is 54.6 Å². The van der Waals surface area contributed by atoms with Gasteiger partial charge in [-0.05, 0) is 61.5 Å². The number of hydrogen-bond acceptors (Lipinski definition) is 5. The topological polar surface area (TPSA) is 96.4 Å². The molecule has 1 N–H and O–H groups in total. The lowest BCUT2D eigenvalue weighted by Crippen LogP contribution is -2.29. The smallest absolute Gasteiger partial charge is 0.284 e. The SMILES string of the molecule is CC(=O)c1ccc(NC(=O)c2cccc(N3C(=O)c4cccnc4C3=O)c2)cc1. The van der Waals surface area contributed by atoms with Gasteiger partial charge in [0.2, 0.25) is 0 Å². The number of amides is 3. The zero-order valence-electron chi connectivity index (χ0n) is 15.4. The average Bonchev–Trinajstić information content (AvgIpc) is 2.99. The lowest BCUT2D eigenvalue weighted by molar-refractivity contribution is 0.0921. The number of nitrogens with zero attached hydrogens (tertiary/aromatic N) is 2. The Balaban J connectivity index is 1.58. The van der Waals surface area contributed by atoms with Gasteiger partial charge in [-0.2, -0.15) is 0 Å². The molecule has 0 unspecified atom stereocenters. The summed E-state index contributed by atoms with van der Waals surface area (Å²) in [5.74, 6) is -1.47. The monoisotopic (exact) mass is 385 g/mol. The van der Waals surface area contributed by atoms with Crippen molar-refractivity contribution < 1.29 is 19.2 Å². The standard InChI is InChI=1S/C22H15N3O4/c1-13(26)14-7-9-16(10-8-14)24-20(27)15-4-2-5-17(12-15)25-21(28)18-6-3-11-23-19(18)22(25)29/h2-12H,1H3,(H,24,27). The van der Waals surface area contributed by atoms with E-state index < -0.39 is 17.7 Å². The predicted octanol–water partition coefficient (Wildman–Crippen LogP) is 3.34. The quantitative estimate of drug-likeness (QED) is 0.549. The molecule has 29 heavy (non-hydrogen) atoms. The molecule has 0 bridgehead atoms. The van der Waals surface area contributed by atoms with Crippen LogP contribution in [0.1, 0.15) is 48.5 Å². The van der Waals surface area contributed by atoms with E-state index in [1.807, 2.05) is 0 Å². The fraction of sp³-hybridized carbons (Fsp3) is 0.0455. The number of carbonyl (C=O) groups is 4. The van der Waals surface area contributed by atoms with E-state index in [2.05, 4.69) is 10.3 Å². The Morgan fingerprint density at radius 3 is 2.34 bits per heavy atom. The number of Topliss-reactive ketones (excluding diaryl/α,β-unsaturated/α-hetero) is 1. The second-order valence-corrected chi connectivity index (χ2v) is 6.48. The minimum atomic E-state index is -0.525. The van der Waals surface area contributed by atoms with E-state index in [0.29, 0.717) is 11.3 Å². The molecule has 2 aromatic carbocycles. The normalized spacial score (nSPS) is 12.7. The number of anilines is 2. The van der Waals surface area contributed by atoms with Gasteiger partial charge in [-0.15, -0.1) is 0 Å². The summed E-state index contributed by atoms with van der Waals surface area (Å²) < 4.78 is 0. The Morgan fingerprint density at radius 2 is 1.66 bits per heavy atom. The molecule has 0 atom stereocenters. The summed E-state index contributed by atoms with van der Waals surface area (Å²) in [6.07, 6.45) is 1.45. The molecule has 142 valence electrons. The van der Waals surface area contributed by atoms with Gasteiger partial charge in [0, 0.05) is 23.0 Å². The number of benzene rings is 2. The van der Waals surface area contributed by atoms with Crippen LogP contribution in [-0.2, 0) is 0 Å². The van der Waals surface area contributed by atoms with E-state index in [0.717, 1.165) is 4.90 Å². The first kappa shape index (κ1) is 18.2. The van der Waals surface area contributed by atoms with E-state index in [9.17, 15) is 19.2 Å². The van der Waals surface area contributed by atoms with Gasteiger partial charge in [0.25, 0.3) is 17.7 Å². The highest BCUT2D eigenvalue weighted by atomic mass is 16.2. The van der Waals surface area contributed by atoms with Crippen LogP contribution < -0.4 is 10.2 Å². The molecule has 0 saturated carbocycles. The van der Waals surface area contributed by atoms with Gasteiger partial charge in [-0.25, -0.2) is 4.90 Å². The van der Waals surface area contributed by atoms with Crippen molar-refractivity contribution in [3.63, 3.8) is 0 Å². The van der Waals surface area contributed by atoms with Crippen LogP contribution in [0.2, 0.25) is 0 Å². The molecule has 1 aliphatic heterocycles. The van der Waals surface area contributed by atoms with Crippen LogP contribution in [0.25, 0.3) is 0 Å². The number of fused-ring (bicyclic) bond motifs is 1. The first-order valence-electron chi connectivity index (χ1n) is 8.82. The highest BCUT2D eigenvalue weighted by Crippen LogP contribution is 2.27. The molecule has 0 fully saturated rings. The fourth-order valence-electron chi connectivity index (χ4n) is 3.08. The minimum absolute atomic E-state index is 0.0639. The summed E-state index contributed by atoms with van der Waals surface area (Å²) in [6.45, 7) is 1.47. The number of hydrogen-bond donors (Lipinski definition) is 1. The third kappa shape index (κ3) is 3.29. The molecule has 3 amide bonds. The first-order chi connectivity index (χ1) is 14.0. The predicted molar refractivity (Wildman–Crippen MR) is 106 cm³/mol. The molecule has 4 rings (SSSR count). The second-order valence-electron chi connectivity index (χ2n) is 6.48. The van der Waals surface area contributed by atoms with Gasteiger partial charge in [-0.3, -0.25) is 24.2 Å². The van der Waals surface area contributed by atoms with Crippen LogP contribution in [0.15, 0.2) is 66.9 Å². The third-order valence-electron chi connectivity index (χ3n) is 4.56. The Bertz CT molecular complexity index is 1130. The van der Waals surface area contributed by atoms with E-state index in [4.69, 9.17) is 0 Å². The van der Waals surface area contributed by atoms with Gasteiger partial charge in [-0.1, -0.05) is 6.07 Å².